The third-order valence-corrected chi connectivity index (χ3v) is 5.99. The Kier molecular flexibility index (Phi) is 5.74. The van der Waals surface area contributed by atoms with Gasteiger partial charge in [0.25, 0.3) is 0 Å². The van der Waals surface area contributed by atoms with Crippen molar-refractivity contribution in [2.45, 2.75) is 69.9 Å². The molecule has 0 aromatic carbocycles. The molecule has 1 aliphatic carbocycles. The Morgan fingerprint density at radius 3 is 2.65 bits per heavy atom. The number of morpholine rings is 1. The lowest BCUT2D eigenvalue weighted by Gasteiger charge is -2.47. The lowest BCUT2D eigenvalue weighted by molar-refractivity contribution is -0.159. The molecule has 2 amide bonds. The van der Waals surface area contributed by atoms with E-state index in [0.29, 0.717) is 26.2 Å². The summed E-state index contributed by atoms with van der Waals surface area (Å²) in [4.78, 5) is 27.4. The minimum absolute atomic E-state index is 0.0113. The number of amides is 2. The van der Waals surface area contributed by atoms with E-state index in [-0.39, 0.29) is 36.9 Å². The van der Waals surface area contributed by atoms with Gasteiger partial charge in [-0.3, -0.25) is 9.69 Å². The second-order valence-electron chi connectivity index (χ2n) is 7.87. The first-order valence-electron chi connectivity index (χ1n) is 9.63. The fourth-order valence-corrected chi connectivity index (χ4v) is 4.40. The lowest BCUT2D eigenvalue weighted by atomic mass is 9.85. The van der Waals surface area contributed by atoms with Gasteiger partial charge in [-0.1, -0.05) is 6.92 Å². The first kappa shape index (κ1) is 19.4. The molecule has 3 aliphatic rings. The molecule has 1 saturated carbocycles. The fraction of sp³-hybridized carbons (Fsp3) is 0.889. The summed E-state index contributed by atoms with van der Waals surface area (Å²) in [5.41, 5.74) is -0.391. The van der Waals surface area contributed by atoms with Crippen LogP contribution in [0.5, 0.6) is 0 Å². The van der Waals surface area contributed by atoms with Crippen molar-refractivity contribution in [3.8, 4) is 0 Å². The summed E-state index contributed by atoms with van der Waals surface area (Å²) < 4.78 is 11.8. The van der Waals surface area contributed by atoms with Gasteiger partial charge in [0.15, 0.2) is 0 Å². The van der Waals surface area contributed by atoms with Crippen molar-refractivity contribution in [2.75, 3.05) is 32.8 Å². The molecule has 0 bridgehead atoms. The molecule has 1 spiro atoms. The number of rotatable bonds is 5. The lowest BCUT2D eigenvalue weighted by Crippen LogP contribution is -2.63. The number of carboxylic acids is 1. The molecule has 0 aromatic heterocycles. The minimum atomic E-state index is -0.806. The number of carbonyl (C=O) groups is 2. The van der Waals surface area contributed by atoms with Crippen molar-refractivity contribution in [3.05, 3.63) is 0 Å². The highest BCUT2D eigenvalue weighted by Gasteiger charge is 2.49. The van der Waals surface area contributed by atoms with E-state index in [1.54, 1.807) is 0 Å². The topological polar surface area (TPSA) is 91.3 Å². The Morgan fingerprint density at radius 1 is 1.35 bits per heavy atom. The van der Waals surface area contributed by atoms with Crippen molar-refractivity contribution >= 4 is 12.0 Å². The van der Waals surface area contributed by atoms with Crippen LogP contribution in [0.15, 0.2) is 0 Å². The number of likely N-dealkylation sites (N-methyl/N-ethyl adjacent to an activating group) is 1. The quantitative estimate of drug-likeness (QED) is 0.748. The molecule has 2 N–H and O–H groups in total. The smallest absolute Gasteiger partial charge is 0.317 e. The molecule has 2 aliphatic heterocycles. The van der Waals surface area contributed by atoms with Gasteiger partial charge in [-0.25, -0.2) is 4.79 Å². The van der Waals surface area contributed by atoms with E-state index in [1.807, 2.05) is 30.6 Å². The average molecular weight is 369 g/mol. The number of hydrogen-bond acceptors (Lipinski definition) is 5. The number of aliphatic carboxylic acids is 1. The number of ether oxygens (including phenoxy) is 2. The Labute approximate surface area is 154 Å². The second-order valence-corrected chi connectivity index (χ2v) is 7.87. The average Bonchev–Trinajstić information content (AvgIpc) is 2.87. The van der Waals surface area contributed by atoms with Gasteiger partial charge in [0.1, 0.15) is 5.60 Å². The highest BCUT2D eigenvalue weighted by atomic mass is 16.6. The maximum Gasteiger partial charge on any atom is 0.317 e. The maximum absolute atomic E-state index is 12.7. The molecule has 2 saturated heterocycles. The van der Waals surface area contributed by atoms with Gasteiger partial charge >= 0.3 is 12.0 Å². The molecule has 3 rings (SSSR count). The Bertz CT molecular complexity index is 539. The highest BCUT2D eigenvalue weighted by molar-refractivity contribution is 5.75. The molecule has 8 heteroatoms. The molecule has 148 valence electrons. The number of carboxylic acid groups (broad SMARTS) is 1. The molecule has 26 heavy (non-hydrogen) atoms. The molecule has 0 radical (unpaired) electrons. The van der Waals surface area contributed by atoms with Gasteiger partial charge in [0.2, 0.25) is 0 Å². The summed E-state index contributed by atoms with van der Waals surface area (Å²) in [5, 5.41) is 12.1. The molecule has 3 unspecified atom stereocenters. The van der Waals surface area contributed by atoms with Crippen LogP contribution in [-0.2, 0) is 14.3 Å². The zero-order valence-electron chi connectivity index (χ0n) is 15.9. The largest absolute Gasteiger partial charge is 0.480 e. The van der Waals surface area contributed by atoms with Crippen molar-refractivity contribution in [3.63, 3.8) is 0 Å². The van der Waals surface area contributed by atoms with Crippen LogP contribution >= 0.6 is 0 Å². The van der Waals surface area contributed by atoms with Crippen LogP contribution in [0.3, 0.4) is 0 Å². The first-order chi connectivity index (χ1) is 12.3. The zero-order valence-corrected chi connectivity index (χ0v) is 15.9. The number of carbonyl (C=O) groups excluding carboxylic acids is 1. The molecule has 3 atom stereocenters. The van der Waals surface area contributed by atoms with Gasteiger partial charge in [0.05, 0.1) is 25.3 Å². The van der Waals surface area contributed by atoms with Crippen LogP contribution < -0.4 is 5.32 Å². The predicted octanol–water partition coefficient (Wildman–Crippen LogP) is 0.902. The van der Waals surface area contributed by atoms with Crippen molar-refractivity contribution in [1.29, 1.82) is 0 Å². The van der Waals surface area contributed by atoms with Crippen LogP contribution in [0.25, 0.3) is 0 Å². The summed E-state index contributed by atoms with van der Waals surface area (Å²) in [6, 6.07) is 0.296. The van der Waals surface area contributed by atoms with E-state index in [4.69, 9.17) is 14.6 Å². The van der Waals surface area contributed by atoms with Gasteiger partial charge in [-0.15, -0.1) is 0 Å². The zero-order chi connectivity index (χ0) is 18.9. The minimum Gasteiger partial charge on any atom is -0.480 e. The Morgan fingerprint density at radius 2 is 2.08 bits per heavy atom. The summed E-state index contributed by atoms with van der Waals surface area (Å²) in [6.45, 7) is 8.55. The van der Waals surface area contributed by atoms with Gasteiger partial charge in [0, 0.05) is 31.7 Å². The van der Waals surface area contributed by atoms with E-state index in [1.165, 1.54) is 0 Å². The predicted molar refractivity (Wildman–Crippen MR) is 95.1 cm³/mol. The van der Waals surface area contributed by atoms with Gasteiger partial charge < -0.3 is 24.8 Å². The SMILES string of the molecule is CCN(CC(=O)O)C1CC(NC(=O)N2CC(C)OC3(CCOC3C)C2)C1. The van der Waals surface area contributed by atoms with Crippen molar-refractivity contribution < 1.29 is 24.2 Å². The maximum atomic E-state index is 12.7. The number of hydrogen-bond donors (Lipinski definition) is 2. The summed E-state index contributed by atoms with van der Waals surface area (Å²) in [5.74, 6) is -0.806. The third-order valence-electron chi connectivity index (χ3n) is 5.99. The van der Waals surface area contributed by atoms with E-state index in [2.05, 4.69) is 5.32 Å². The monoisotopic (exact) mass is 369 g/mol. The summed E-state index contributed by atoms with van der Waals surface area (Å²) in [6.07, 6.45) is 2.39. The Balaban J connectivity index is 1.50. The number of nitrogens with zero attached hydrogens (tertiary/aromatic N) is 2. The van der Waals surface area contributed by atoms with Crippen LogP contribution in [0.2, 0.25) is 0 Å². The third kappa shape index (κ3) is 3.97. The molecular formula is C18H31N3O5. The van der Waals surface area contributed by atoms with Gasteiger partial charge in [-0.2, -0.15) is 0 Å². The van der Waals surface area contributed by atoms with E-state index >= 15 is 0 Å². The fourth-order valence-electron chi connectivity index (χ4n) is 4.40. The van der Waals surface area contributed by atoms with Crippen LogP contribution in [0.1, 0.15) is 40.0 Å². The second kappa shape index (κ2) is 7.70. The van der Waals surface area contributed by atoms with Crippen LogP contribution in [0.4, 0.5) is 4.79 Å². The van der Waals surface area contributed by atoms with Crippen LogP contribution in [-0.4, -0.2) is 89.6 Å². The summed E-state index contributed by atoms with van der Waals surface area (Å²) >= 11 is 0. The normalized spacial score (nSPS) is 37.0. The molecule has 0 aromatic rings. The number of urea groups is 1. The summed E-state index contributed by atoms with van der Waals surface area (Å²) in [7, 11) is 0. The molecule has 8 nitrogen and oxygen atoms in total. The highest BCUT2D eigenvalue weighted by Crippen LogP contribution is 2.35. The molecule has 2 heterocycles. The number of nitrogens with one attached hydrogen (secondary N) is 1. The molecule has 3 fully saturated rings. The van der Waals surface area contributed by atoms with Crippen molar-refractivity contribution in [1.82, 2.24) is 15.1 Å². The van der Waals surface area contributed by atoms with Gasteiger partial charge in [-0.05, 0) is 33.2 Å². The van der Waals surface area contributed by atoms with Crippen LogP contribution in [0, 0.1) is 0 Å². The standard InChI is InChI=1S/C18H31N3O5/c1-4-20(10-16(22)23)15-7-14(8-15)19-17(24)21-9-12(2)26-18(11-21)5-6-25-13(18)3/h12-15H,4-11H2,1-3H3,(H,19,24)(H,22,23). The Hall–Kier alpha value is -1.38. The first-order valence-corrected chi connectivity index (χ1v) is 9.63. The van der Waals surface area contributed by atoms with Crippen molar-refractivity contribution in [2.24, 2.45) is 0 Å². The van der Waals surface area contributed by atoms with E-state index in [9.17, 15) is 9.59 Å². The van der Waals surface area contributed by atoms with E-state index < -0.39 is 11.6 Å². The molecular weight excluding hydrogens is 338 g/mol. The van der Waals surface area contributed by atoms with E-state index in [0.717, 1.165) is 19.3 Å².